The van der Waals surface area contributed by atoms with E-state index < -0.39 is 40.2 Å². The van der Waals surface area contributed by atoms with Crippen LogP contribution in [0, 0.1) is 5.82 Å². The van der Waals surface area contributed by atoms with Crippen molar-refractivity contribution in [1.82, 2.24) is 10.2 Å². The van der Waals surface area contributed by atoms with Crippen LogP contribution in [0.2, 0.25) is 0 Å². The minimum atomic E-state index is -4.24. The van der Waals surface area contributed by atoms with Crippen molar-refractivity contribution in [2.45, 2.75) is 57.6 Å². The van der Waals surface area contributed by atoms with Crippen LogP contribution in [0.5, 0.6) is 5.75 Å². The number of carbonyl (C=O) groups excluding carboxylic acids is 2. The maximum absolute atomic E-state index is 14.7. The number of hydrogen-bond donors (Lipinski definition) is 1. The van der Waals surface area contributed by atoms with Crippen molar-refractivity contribution in [3.05, 3.63) is 90.2 Å². The van der Waals surface area contributed by atoms with Crippen LogP contribution < -0.4 is 14.4 Å². The van der Waals surface area contributed by atoms with Crippen molar-refractivity contribution in [3.8, 4) is 5.75 Å². The van der Waals surface area contributed by atoms with E-state index in [9.17, 15) is 22.4 Å². The molecular formula is C30H36FN3O5S. The van der Waals surface area contributed by atoms with Gasteiger partial charge in [-0.25, -0.2) is 12.8 Å². The lowest BCUT2D eigenvalue weighted by Gasteiger charge is -2.33. The Morgan fingerprint density at radius 1 is 0.925 bits per heavy atom. The van der Waals surface area contributed by atoms with Crippen molar-refractivity contribution < 1.29 is 27.1 Å². The van der Waals surface area contributed by atoms with Crippen LogP contribution in [0.15, 0.2) is 83.8 Å². The number of sulfonamides is 1. The summed E-state index contributed by atoms with van der Waals surface area (Å²) in [4.78, 5) is 28.2. The summed E-state index contributed by atoms with van der Waals surface area (Å²) in [6, 6.07) is 19.1. The van der Waals surface area contributed by atoms with Crippen LogP contribution in [0.4, 0.5) is 10.1 Å². The van der Waals surface area contributed by atoms with Gasteiger partial charge < -0.3 is 15.0 Å². The fourth-order valence-electron chi connectivity index (χ4n) is 4.03. The van der Waals surface area contributed by atoms with Crippen molar-refractivity contribution in [3.63, 3.8) is 0 Å². The van der Waals surface area contributed by atoms with E-state index in [1.165, 1.54) is 35.2 Å². The molecule has 214 valence electrons. The van der Waals surface area contributed by atoms with Crippen LogP contribution in [-0.2, 0) is 26.2 Å². The number of rotatable bonds is 13. The van der Waals surface area contributed by atoms with Crippen molar-refractivity contribution in [2.24, 2.45) is 0 Å². The molecule has 3 aromatic carbocycles. The highest BCUT2D eigenvalue weighted by atomic mass is 32.2. The van der Waals surface area contributed by atoms with E-state index in [-0.39, 0.29) is 41.1 Å². The molecule has 3 aromatic rings. The molecule has 40 heavy (non-hydrogen) atoms. The molecule has 0 spiro atoms. The Hall–Kier alpha value is -3.92. The van der Waals surface area contributed by atoms with Gasteiger partial charge in [0, 0.05) is 18.2 Å². The molecule has 0 saturated carbocycles. The number of amides is 2. The highest BCUT2D eigenvalue weighted by Gasteiger charge is 2.34. The Kier molecular flexibility index (Phi) is 10.7. The quantitative estimate of drug-likeness (QED) is 0.321. The first-order valence-electron chi connectivity index (χ1n) is 13.2. The van der Waals surface area contributed by atoms with Gasteiger partial charge in [-0.2, -0.15) is 0 Å². The number of nitrogens with zero attached hydrogens (tertiary/aromatic N) is 2. The number of anilines is 1. The number of hydrogen-bond acceptors (Lipinski definition) is 5. The number of benzene rings is 3. The first-order valence-corrected chi connectivity index (χ1v) is 14.7. The van der Waals surface area contributed by atoms with E-state index >= 15 is 0 Å². The third kappa shape index (κ3) is 7.38. The molecule has 0 heterocycles. The maximum Gasteiger partial charge on any atom is 0.264 e. The molecule has 1 N–H and O–H groups in total. The molecule has 0 unspecified atom stereocenters. The van der Waals surface area contributed by atoms with E-state index in [1.54, 1.807) is 62.4 Å². The van der Waals surface area contributed by atoms with Gasteiger partial charge in [-0.1, -0.05) is 55.5 Å². The largest absolute Gasteiger partial charge is 0.492 e. The number of para-hydroxylation sites is 2. The number of halogens is 1. The van der Waals surface area contributed by atoms with Crippen LogP contribution in [-0.4, -0.2) is 50.4 Å². The maximum atomic E-state index is 14.7. The molecular weight excluding hydrogens is 533 g/mol. The van der Waals surface area contributed by atoms with Gasteiger partial charge in [0.2, 0.25) is 11.8 Å². The molecule has 0 bridgehead atoms. The van der Waals surface area contributed by atoms with Gasteiger partial charge in [-0.15, -0.1) is 0 Å². The first kappa shape index (κ1) is 30.6. The van der Waals surface area contributed by atoms with Gasteiger partial charge in [0.15, 0.2) is 0 Å². The van der Waals surface area contributed by atoms with Crippen LogP contribution in [0.3, 0.4) is 0 Å². The van der Waals surface area contributed by atoms with Crippen LogP contribution in [0.1, 0.15) is 39.7 Å². The summed E-state index contributed by atoms with van der Waals surface area (Å²) >= 11 is 0. The lowest BCUT2D eigenvalue weighted by atomic mass is 10.1. The third-order valence-corrected chi connectivity index (χ3v) is 8.28. The SMILES string of the molecule is CCOc1ccccc1N(CC(=O)N(Cc1ccccc1F)[C@@H](C)C(=O)N[C@H](C)CC)S(=O)(=O)c1ccccc1. The summed E-state index contributed by atoms with van der Waals surface area (Å²) < 4.78 is 49.1. The van der Waals surface area contributed by atoms with E-state index in [1.807, 2.05) is 13.8 Å². The molecule has 0 aliphatic rings. The fraction of sp³-hybridized carbons (Fsp3) is 0.333. The van der Waals surface area contributed by atoms with E-state index in [4.69, 9.17) is 4.74 Å². The van der Waals surface area contributed by atoms with Crippen LogP contribution in [0.25, 0.3) is 0 Å². The molecule has 0 aliphatic carbocycles. The minimum absolute atomic E-state index is 0.0164. The zero-order valence-electron chi connectivity index (χ0n) is 23.2. The normalized spacial score (nSPS) is 12.7. The molecule has 2 amide bonds. The number of nitrogens with one attached hydrogen (secondary N) is 1. The molecule has 0 radical (unpaired) electrons. The van der Waals surface area contributed by atoms with Gasteiger partial charge in [-0.05, 0) is 57.5 Å². The Morgan fingerprint density at radius 2 is 1.55 bits per heavy atom. The van der Waals surface area contributed by atoms with Gasteiger partial charge in [0.1, 0.15) is 24.2 Å². The molecule has 8 nitrogen and oxygen atoms in total. The topological polar surface area (TPSA) is 96.0 Å². The van der Waals surface area contributed by atoms with E-state index in [2.05, 4.69) is 5.32 Å². The third-order valence-electron chi connectivity index (χ3n) is 6.51. The van der Waals surface area contributed by atoms with Gasteiger partial charge in [0.25, 0.3) is 10.0 Å². The molecule has 0 fully saturated rings. The molecule has 2 atom stereocenters. The zero-order chi connectivity index (χ0) is 29.3. The summed E-state index contributed by atoms with van der Waals surface area (Å²) in [6.07, 6.45) is 0.678. The lowest BCUT2D eigenvalue weighted by Crippen LogP contribution is -2.52. The molecule has 3 rings (SSSR count). The molecule has 0 aromatic heterocycles. The highest BCUT2D eigenvalue weighted by Crippen LogP contribution is 2.33. The summed E-state index contributed by atoms with van der Waals surface area (Å²) in [5.41, 5.74) is 0.371. The standard InChI is InChI=1S/C30H36FN3O5S/c1-5-22(3)32-30(36)23(4)33(20-24-14-10-11-17-26(24)31)29(35)21-34(27-18-12-13-19-28(27)39-6-2)40(37,38)25-15-8-7-9-16-25/h7-19,22-23H,5-6,20-21H2,1-4H3,(H,32,36)/t22-,23+/m1/s1. The molecule has 0 aliphatic heterocycles. The predicted molar refractivity (Wildman–Crippen MR) is 153 cm³/mol. The average molecular weight is 570 g/mol. The predicted octanol–water partition coefficient (Wildman–Crippen LogP) is 4.75. The smallest absolute Gasteiger partial charge is 0.264 e. The summed E-state index contributed by atoms with van der Waals surface area (Å²) in [5, 5.41) is 2.85. The Labute approximate surface area is 235 Å². The Bertz CT molecular complexity index is 1400. The summed E-state index contributed by atoms with van der Waals surface area (Å²) in [6.45, 7) is 6.47. The van der Waals surface area contributed by atoms with Crippen LogP contribution >= 0.6 is 0 Å². The summed E-state index contributed by atoms with van der Waals surface area (Å²) in [7, 11) is -4.24. The van der Waals surface area contributed by atoms with Gasteiger partial charge >= 0.3 is 0 Å². The molecule has 10 heteroatoms. The van der Waals surface area contributed by atoms with Crippen molar-refractivity contribution in [1.29, 1.82) is 0 Å². The molecule has 0 saturated heterocycles. The number of ether oxygens (including phenoxy) is 1. The van der Waals surface area contributed by atoms with Gasteiger partial charge in [0.05, 0.1) is 17.2 Å². The average Bonchev–Trinajstić information content (AvgIpc) is 2.96. The fourth-order valence-corrected chi connectivity index (χ4v) is 5.48. The van der Waals surface area contributed by atoms with Crippen molar-refractivity contribution in [2.75, 3.05) is 17.5 Å². The second-order valence-corrected chi connectivity index (χ2v) is 11.2. The highest BCUT2D eigenvalue weighted by molar-refractivity contribution is 7.92. The lowest BCUT2D eigenvalue weighted by molar-refractivity contribution is -0.139. The summed E-state index contributed by atoms with van der Waals surface area (Å²) in [5.74, 6) is -1.36. The van der Waals surface area contributed by atoms with E-state index in [0.29, 0.717) is 6.42 Å². The Balaban J connectivity index is 2.07. The second-order valence-electron chi connectivity index (χ2n) is 9.33. The Morgan fingerprint density at radius 3 is 2.20 bits per heavy atom. The zero-order valence-corrected chi connectivity index (χ0v) is 24.0. The second kappa shape index (κ2) is 13.9. The van der Waals surface area contributed by atoms with E-state index in [0.717, 1.165) is 4.31 Å². The van der Waals surface area contributed by atoms with Gasteiger partial charge in [-0.3, -0.25) is 13.9 Å². The minimum Gasteiger partial charge on any atom is -0.492 e. The first-order chi connectivity index (χ1) is 19.1. The monoisotopic (exact) mass is 569 g/mol. The number of carbonyl (C=O) groups is 2. The van der Waals surface area contributed by atoms with Crippen molar-refractivity contribution >= 4 is 27.5 Å².